The number of hydrogen-bond donors (Lipinski definition) is 1. The molecule has 0 bridgehead atoms. The first-order chi connectivity index (χ1) is 8.71. The van der Waals surface area contributed by atoms with Gasteiger partial charge < -0.3 is 5.32 Å². The van der Waals surface area contributed by atoms with Crippen LogP contribution in [0.25, 0.3) is 0 Å². The summed E-state index contributed by atoms with van der Waals surface area (Å²) in [6.07, 6.45) is 6.31. The molecule has 3 nitrogen and oxygen atoms in total. The van der Waals surface area contributed by atoms with Crippen LogP contribution in [0.2, 0.25) is 0 Å². The molecule has 1 atom stereocenters. The number of rotatable bonds is 6. The monoisotopic (exact) mass is 249 g/mol. The number of aryl methyl sites for hydroxylation is 1. The third-order valence-corrected chi connectivity index (χ3v) is 4.37. The molecule has 1 N–H and O–H groups in total. The second-order valence-electron chi connectivity index (χ2n) is 5.50. The summed E-state index contributed by atoms with van der Waals surface area (Å²) in [4.78, 5) is 0. The van der Waals surface area contributed by atoms with Crippen molar-refractivity contribution in [2.75, 3.05) is 7.05 Å². The molecule has 1 heterocycles. The number of aromatic nitrogens is 2. The zero-order chi connectivity index (χ0) is 13.1. The quantitative estimate of drug-likeness (QED) is 0.839. The van der Waals surface area contributed by atoms with Gasteiger partial charge in [-0.05, 0) is 45.6 Å². The Balaban J connectivity index is 2.30. The highest BCUT2D eigenvalue weighted by Crippen LogP contribution is 2.30. The van der Waals surface area contributed by atoms with Crippen molar-refractivity contribution in [2.24, 2.45) is 5.92 Å². The van der Waals surface area contributed by atoms with E-state index < -0.39 is 0 Å². The van der Waals surface area contributed by atoms with Gasteiger partial charge in [0.15, 0.2) is 0 Å². The molecule has 0 aliphatic heterocycles. The third kappa shape index (κ3) is 2.46. The van der Waals surface area contributed by atoms with Gasteiger partial charge in [-0.3, -0.25) is 4.68 Å². The van der Waals surface area contributed by atoms with E-state index in [9.17, 15) is 0 Å². The topological polar surface area (TPSA) is 29.9 Å². The molecule has 1 aliphatic carbocycles. The maximum Gasteiger partial charge on any atom is 0.0672 e. The van der Waals surface area contributed by atoms with Gasteiger partial charge in [-0.1, -0.05) is 20.3 Å². The Morgan fingerprint density at radius 2 is 2.06 bits per heavy atom. The predicted molar refractivity (Wildman–Crippen MR) is 75.8 cm³/mol. The molecule has 1 saturated carbocycles. The summed E-state index contributed by atoms with van der Waals surface area (Å²) in [7, 11) is 2.03. The normalized spacial score (nSPS) is 17.8. The minimum Gasteiger partial charge on any atom is -0.313 e. The Hall–Kier alpha value is -0.830. The van der Waals surface area contributed by atoms with Crippen molar-refractivity contribution < 1.29 is 0 Å². The maximum absolute atomic E-state index is 4.87. The van der Waals surface area contributed by atoms with Crippen molar-refractivity contribution in [2.45, 2.75) is 65.5 Å². The van der Waals surface area contributed by atoms with Crippen molar-refractivity contribution in [1.29, 1.82) is 0 Å². The largest absolute Gasteiger partial charge is 0.313 e. The van der Waals surface area contributed by atoms with E-state index in [1.165, 1.54) is 36.2 Å². The van der Waals surface area contributed by atoms with Gasteiger partial charge in [-0.15, -0.1) is 0 Å². The molecule has 1 unspecified atom stereocenters. The minimum atomic E-state index is 0.407. The third-order valence-electron chi connectivity index (χ3n) is 4.37. The molecule has 1 aromatic heterocycles. The van der Waals surface area contributed by atoms with E-state index in [4.69, 9.17) is 5.10 Å². The van der Waals surface area contributed by atoms with Gasteiger partial charge in [0.25, 0.3) is 0 Å². The lowest BCUT2D eigenvalue weighted by molar-refractivity contribution is 0.263. The molecular weight excluding hydrogens is 222 g/mol. The van der Waals surface area contributed by atoms with E-state index in [0.29, 0.717) is 6.04 Å². The van der Waals surface area contributed by atoms with Gasteiger partial charge in [0.2, 0.25) is 0 Å². The van der Waals surface area contributed by atoms with Gasteiger partial charge in [-0.25, -0.2) is 0 Å². The van der Waals surface area contributed by atoms with Gasteiger partial charge in [0.1, 0.15) is 0 Å². The molecule has 18 heavy (non-hydrogen) atoms. The Labute approximate surface area is 111 Å². The van der Waals surface area contributed by atoms with E-state index in [-0.39, 0.29) is 0 Å². The lowest BCUT2D eigenvalue weighted by atomic mass is 9.85. The fraction of sp³-hybridized carbons (Fsp3) is 0.800. The summed E-state index contributed by atoms with van der Waals surface area (Å²) in [6.45, 7) is 7.83. The van der Waals surface area contributed by atoms with Crippen LogP contribution in [0.1, 0.15) is 63.0 Å². The van der Waals surface area contributed by atoms with E-state index in [0.717, 1.165) is 25.3 Å². The molecule has 1 aliphatic rings. The lowest BCUT2D eigenvalue weighted by Gasteiger charge is -2.26. The Morgan fingerprint density at radius 1 is 1.33 bits per heavy atom. The highest BCUT2D eigenvalue weighted by atomic mass is 15.3. The van der Waals surface area contributed by atoms with Crippen LogP contribution in [0.15, 0.2) is 0 Å². The van der Waals surface area contributed by atoms with Crippen molar-refractivity contribution in [1.82, 2.24) is 15.1 Å². The van der Waals surface area contributed by atoms with Crippen LogP contribution in [0.5, 0.6) is 0 Å². The molecule has 0 saturated heterocycles. The first-order valence-corrected chi connectivity index (χ1v) is 7.46. The average Bonchev–Trinajstić information content (AvgIpc) is 2.70. The van der Waals surface area contributed by atoms with Crippen LogP contribution < -0.4 is 5.32 Å². The second-order valence-corrected chi connectivity index (χ2v) is 5.50. The standard InChI is InChI=1S/C15H27N3/c1-5-13-15(11(3)16-4)14(6-2)18(17-13)10-12-8-7-9-12/h11-12,16H,5-10H2,1-4H3. The molecule has 0 radical (unpaired) electrons. The van der Waals surface area contributed by atoms with Crippen molar-refractivity contribution in [3.63, 3.8) is 0 Å². The maximum atomic E-state index is 4.87. The van der Waals surface area contributed by atoms with E-state index in [2.05, 4.69) is 30.8 Å². The van der Waals surface area contributed by atoms with Crippen LogP contribution in [-0.2, 0) is 19.4 Å². The van der Waals surface area contributed by atoms with Gasteiger partial charge in [0.05, 0.1) is 5.69 Å². The molecular formula is C15H27N3. The Morgan fingerprint density at radius 3 is 2.50 bits per heavy atom. The van der Waals surface area contributed by atoms with E-state index >= 15 is 0 Å². The van der Waals surface area contributed by atoms with Crippen LogP contribution in [-0.4, -0.2) is 16.8 Å². The molecule has 1 aromatic rings. The first-order valence-electron chi connectivity index (χ1n) is 7.46. The van der Waals surface area contributed by atoms with Crippen LogP contribution in [0.4, 0.5) is 0 Å². The molecule has 0 aromatic carbocycles. The molecule has 3 heteroatoms. The van der Waals surface area contributed by atoms with E-state index in [1.54, 1.807) is 0 Å². The average molecular weight is 249 g/mol. The summed E-state index contributed by atoms with van der Waals surface area (Å²) in [5, 5.41) is 8.24. The van der Waals surface area contributed by atoms with E-state index in [1.807, 2.05) is 7.05 Å². The van der Waals surface area contributed by atoms with Crippen molar-refractivity contribution in [3.8, 4) is 0 Å². The fourth-order valence-corrected chi connectivity index (χ4v) is 2.91. The van der Waals surface area contributed by atoms with Crippen LogP contribution in [0, 0.1) is 5.92 Å². The van der Waals surface area contributed by atoms with Gasteiger partial charge in [0, 0.05) is 23.8 Å². The number of nitrogens with one attached hydrogen (secondary N) is 1. The lowest BCUT2D eigenvalue weighted by Crippen LogP contribution is -2.21. The van der Waals surface area contributed by atoms with Crippen molar-refractivity contribution in [3.05, 3.63) is 17.0 Å². The van der Waals surface area contributed by atoms with Crippen LogP contribution in [0.3, 0.4) is 0 Å². The zero-order valence-corrected chi connectivity index (χ0v) is 12.3. The number of hydrogen-bond acceptors (Lipinski definition) is 2. The first kappa shape index (κ1) is 13.6. The summed E-state index contributed by atoms with van der Waals surface area (Å²) in [5.41, 5.74) is 4.18. The molecule has 0 amide bonds. The summed E-state index contributed by atoms with van der Waals surface area (Å²) < 4.78 is 2.30. The highest BCUT2D eigenvalue weighted by Gasteiger charge is 2.23. The van der Waals surface area contributed by atoms with Crippen LogP contribution >= 0.6 is 0 Å². The highest BCUT2D eigenvalue weighted by molar-refractivity contribution is 5.30. The second kappa shape index (κ2) is 5.87. The van der Waals surface area contributed by atoms with Crippen molar-refractivity contribution >= 4 is 0 Å². The number of nitrogens with zero attached hydrogens (tertiary/aromatic N) is 2. The molecule has 102 valence electrons. The zero-order valence-electron chi connectivity index (χ0n) is 12.3. The fourth-order valence-electron chi connectivity index (χ4n) is 2.91. The Kier molecular flexibility index (Phi) is 4.44. The predicted octanol–water partition coefficient (Wildman–Crippen LogP) is 3.09. The molecule has 1 fully saturated rings. The molecule has 0 spiro atoms. The minimum absolute atomic E-state index is 0.407. The summed E-state index contributed by atoms with van der Waals surface area (Å²) >= 11 is 0. The van der Waals surface area contributed by atoms with Gasteiger partial charge in [-0.2, -0.15) is 5.10 Å². The Bertz CT molecular complexity index is 391. The molecule has 2 rings (SSSR count). The SMILES string of the molecule is CCc1nn(CC2CCC2)c(CC)c1C(C)NC. The van der Waals surface area contributed by atoms with Gasteiger partial charge >= 0.3 is 0 Å². The summed E-state index contributed by atoms with van der Waals surface area (Å²) in [6, 6.07) is 0.407. The summed E-state index contributed by atoms with van der Waals surface area (Å²) in [5.74, 6) is 0.873. The smallest absolute Gasteiger partial charge is 0.0672 e.